The van der Waals surface area contributed by atoms with Crippen LogP contribution in [0.5, 0.6) is 0 Å². The van der Waals surface area contributed by atoms with Crippen molar-refractivity contribution in [3.05, 3.63) is 64.4 Å². The molecule has 2 rings (SSSR count). The predicted octanol–water partition coefficient (Wildman–Crippen LogP) is 3.45. The Hall–Kier alpha value is -1.87. The molecule has 4 heteroatoms. The number of rotatable bonds is 4. The van der Waals surface area contributed by atoms with Gasteiger partial charge in [-0.05, 0) is 36.2 Å². The van der Waals surface area contributed by atoms with E-state index < -0.39 is 11.9 Å². The third-order valence-electron chi connectivity index (χ3n) is 3.09. The van der Waals surface area contributed by atoms with E-state index in [9.17, 15) is 9.90 Å². The number of pyridine rings is 1. The largest absolute Gasteiger partial charge is 0.481 e. The van der Waals surface area contributed by atoms with Crippen molar-refractivity contribution in [3.8, 4) is 0 Å². The number of carboxylic acids is 1. The van der Waals surface area contributed by atoms with Crippen molar-refractivity contribution >= 4 is 17.6 Å². The van der Waals surface area contributed by atoms with E-state index in [2.05, 4.69) is 4.98 Å². The number of carbonyl (C=O) groups is 1. The Labute approximate surface area is 116 Å². The number of aryl methyl sites for hydroxylation is 1. The Kier molecular flexibility index (Phi) is 4.17. The van der Waals surface area contributed by atoms with Crippen LogP contribution in [-0.4, -0.2) is 16.1 Å². The van der Waals surface area contributed by atoms with E-state index in [0.29, 0.717) is 11.4 Å². The zero-order valence-corrected chi connectivity index (χ0v) is 11.3. The van der Waals surface area contributed by atoms with Crippen LogP contribution in [0.15, 0.2) is 42.6 Å². The van der Waals surface area contributed by atoms with Gasteiger partial charge in [0.1, 0.15) is 0 Å². The molecule has 19 heavy (non-hydrogen) atoms. The van der Waals surface area contributed by atoms with Gasteiger partial charge in [0.2, 0.25) is 0 Å². The van der Waals surface area contributed by atoms with Gasteiger partial charge >= 0.3 is 5.97 Å². The predicted molar refractivity (Wildman–Crippen MR) is 74.5 cm³/mol. The van der Waals surface area contributed by atoms with E-state index >= 15 is 0 Å². The maximum Gasteiger partial charge on any atom is 0.311 e. The first-order valence-electron chi connectivity index (χ1n) is 5.96. The van der Waals surface area contributed by atoms with Crippen molar-refractivity contribution in [1.29, 1.82) is 0 Å². The van der Waals surface area contributed by atoms with E-state index in [1.807, 2.05) is 19.1 Å². The van der Waals surface area contributed by atoms with Gasteiger partial charge in [0.05, 0.1) is 5.92 Å². The van der Waals surface area contributed by atoms with Gasteiger partial charge in [-0.3, -0.25) is 9.78 Å². The molecule has 1 atom stereocenters. The van der Waals surface area contributed by atoms with Gasteiger partial charge in [0.15, 0.2) is 0 Å². The first-order valence-corrected chi connectivity index (χ1v) is 6.34. The maximum absolute atomic E-state index is 11.4. The molecule has 0 fully saturated rings. The number of aromatic nitrogens is 1. The van der Waals surface area contributed by atoms with Gasteiger partial charge in [-0.15, -0.1) is 0 Å². The van der Waals surface area contributed by atoms with Crippen molar-refractivity contribution in [2.75, 3.05) is 0 Å². The van der Waals surface area contributed by atoms with Gasteiger partial charge in [-0.2, -0.15) is 0 Å². The van der Waals surface area contributed by atoms with Gasteiger partial charge < -0.3 is 5.11 Å². The molecule has 0 saturated carbocycles. The highest BCUT2D eigenvalue weighted by atomic mass is 35.5. The zero-order chi connectivity index (χ0) is 13.8. The molecule has 2 aromatic rings. The molecule has 0 spiro atoms. The highest BCUT2D eigenvalue weighted by Gasteiger charge is 2.21. The summed E-state index contributed by atoms with van der Waals surface area (Å²) in [4.78, 5) is 15.7. The molecular formula is C15H14ClNO2. The SMILES string of the molecule is Cc1cccnc1CC(C(=O)O)c1ccc(Cl)cc1. The van der Waals surface area contributed by atoms with Gasteiger partial charge in [0.25, 0.3) is 0 Å². The second-order valence-corrected chi connectivity index (χ2v) is 4.85. The molecule has 1 aromatic carbocycles. The minimum atomic E-state index is -0.854. The van der Waals surface area contributed by atoms with Gasteiger partial charge in [0, 0.05) is 23.3 Å². The number of hydrogen-bond acceptors (Lipinski definition) is 2. The van der Waals surface area contributed by atoms with E-state index in [1.165, 1.54) is 0 Å². The number of nitrogens with zero attached hydrogens (tertiary/aromatic N) is 1. The summed E-state index contributed by atoms with van der Waals surface area (Å²) in [5.41, 5.74) is 2.55. The Balaban J connectivity index is 2.29. The Morgan fingerprint density at radius 3 is 2.58 bits per heavy atom. The van der Waals surface area contributed by atoms with Crippen molar-refractivity contribution in [2.24, 2.45) is 0 Å². The summed E-state index contributed by atoms with van der Waals surface area (Å²) in [5, 5.41) is 9.99. The van der Waals surface area contributed by atoms with Crippen LogP contribution in [-0.2, 0) is 11.2 Å². The molecule has 0 bridgehead atoms. The van der Waals surface area contributed by atoms with E-state index in [4.69, 9.17) is 11.6 Å². The highest BCUT2D eigenvalue weighted by Crippen LogP contribution is 2.23. The smallest absolute Gasteiger partial charge is 0.311 e. The van der Waals surface area contributed by atoms with Gasteiger partial charge in [-0.25, -0.2) is 0 Å². The number of halogens is 1. The molecule has 0 saturated heterocycles. The monoisotopic (exact) mass is 275 g/mol. The molecule has 1 N–H and O–H groups in total. The molecule has 0 radical (unpaired) electrons. The lowest BCUT2D eigenvalue weighted by Crippen LogP contribution is -2.15. The van der Waals surface area contributed by atoms with Crippen LogP contribution >= 0.6 is 11.6 Å². The quantitative estimate of drug-likeness (QED) is 0.930. The summed E-state index contributed by atoms with van der Waals surface area (Å²) in [5.74, 6) is -1.46. The number of hydrogen-bond donors (Lipinski definition) is 1. The van der Waals surface area contributed by atoms with Crippen molar-refractivity contribution in [1.82, 2.24) is 4.98 Å². The molecule has 98 valence electrons. The fourth-order valence-electron chi connectivity index (χ4n) is 1.97. The second kappa shape index (κ2) is 5.85. The normalized spacial score (nSPS) is 12.1. The summed E-state index contributed by atoms with van der Waals surface area (Å²) in [7, 11) is 0. The molecular weight excluding hydrogens is 262 g/mol. The van der Waals surface area contributed by atoms with Crippen molar-refractivity contribution < 1.29 is 9.90 Å². The lowest BCUT2D eigenvalue weighted by molar-refractivity contribution is -0.138. The third-order valence-corrected chi connectivity index (χ3v) is 3.34. The fourth-order valence-corrected chi connectivity index (χ4v) is 2.09. The van der Waals surface area contributed by atoms with Crippen LogP contribution in [0.2, 0.25) is 5.02 Å². The summed E-state index contributed by atoms with van der Waals surface area (Å²) in [6.07, 6.45) is 2.06. The minimum Gasteiger partial charge on any atom is -0.481 e. The highest BCUT2D eigenvalue weighted by molar-refractivity contribution is 6.30. The Morgan fingerprint density at radius 1 is 1.32 bits per heavy atom. The number of carboxylic acid groups (broad SMARTS) is 1. The lowest BCUT2D eigenvalue weighted by atomic mass is 9.93. The first kappa shape index (κ1) is 13.6. The molecule has 0 aliphatic rings. The van der Waals surface area contributed by atoms with Crippen LogP contribution in [0.4, 0.5) is 0 Å². The standard InChI is InChI=1S/C15H14ClNO2/c1-10-3-2-8-17-14(10)9-13(15(18)19)11-4-6-12(16)7-5-11/h2-8,13H,9H2,1H3,(H,18,19). The number of aliphatic carboxylic acids is 1. The van der Waals surface area contributed by atoms with Crippen LogP contribution in [0.25, 0.3) is 0 Å². The average molecular weight is 276 g/mol. The first-order chi connectivity index (χ1) is 9.08. The molecule has 1 heterocycles. The van der Waals surface area contributed by atoms with Gasteiger partial charge in [-0.1, -0.05) is 29.8 Å². The maximum atomic E-state index is 11.4. The number of benzene rings is 1. The van der Waals surface area contributed by atoms with E-state index in [0.717, 1.165) is 16.8 Å². The molecule has 1 unspecified atom stereocenters. The summed E-state index contributed by atoms with van der Waals surface area (Å²) in [6, 6.07) is 10.7. The van der Waals surface area contributed by atoms with Crippen molar-refractivity contribution in [2.45, 2.75) is 19.3 Å². The molecule has 0 amide bonds. The van der Waals surface area contributed by atoms with E-state index in [1.54, 1.807) is 30.5 Å². The molecule has 3 nitrogen and oxygen atoms in total. The van der Waals surface area contributed by atoms with Crippen LogP contribution in [0.1, 0.15) is 22.7 Å². The summed E-state index contributed by atoms with van der Waals surface area (Å²) < 4.78 is 0. The van der Waals surface area contributed by atoms with E-state index in [-0.39, 0.29) is 0 Å². The molecule has 0 aliphatic carbocycles. The van der Waals surface area contributed by atoms with Crippen molar-refractivity contribution in [3.63, 3.8) is 0 Å². The minimum absolute atomic E-state index is 0.379. The van der Waals surface area contributed by atoms with Crippen LogP contribution in [0, 0.1) is 6.92 Å². The average Bonchev–Trinajstić information content (AvgIpc) is 2.39. The lowest BCUT2D eigenvalue weighted by Gasteiger charge is -2.13. The van der Waals surface area contributed by atoms with Crippen LogP contribution in [0.3, 0.4) is 0 Å². The Bertz CT molecular complexity index is 581. The third kappa shape index (κ3) is 3.32. The zero-order valence-electron chi connectivity index (χ0n) is 10.5. The molecule has 0 aliphatic heterocycles. The summed E-state index contributed by atoms with van der Waals surface area (Å²) in [6.45, 7) is 1.93. The Morgan fingerprint density at radius 2 is 2.00 bits per heavy atom. The topological polar surface area (TPSA) is 50.2 Å². The summed E-state index contributed by atoms with van der Waals surface area (Å²) >= 11 is 5.82. The van der Waals surface area contributed by atoms with Crippen LogP contribution < -0.4 is 0 Å². The fraction of sp³-hybridized carbons (Fsp3) is 0.200. The molecule has 1 aromatic heterocycles. The second-order valence-electron chi connectivity index (χ2n) is 4.41.